The van der Waals surface area contributed by atoms with Crippen molar-refractivity contribution < 1.29 is 9.59 Å². The number of nitrogens with zero attached hydrogens (tertiary/aromatic N) is 1. The van der Waals surface area contributed by atoms with E-state index in [1.54, 1.807) is 48.5 Å². The molecule has 33 heavy (non-hydrogen) atoms. The Kier molecular flexibility index (Phi) is 7.71. The van der Waals surface area contributed by atoms with E-state index in [4.69, 9.17) is 34.8 Å². The van der Waals surface area contributed by atoms with Gasteiger partial charge in [0, 0.05) is 29.2 Å². The van der Waals surface area contributed by atoms with Gasteiger partial charge < -0.3 is 5.32 Å². The molecule has 1 aliphatic rings. The van der Waals surface area contributed by atoms with Gasteiger partial charge in [-0.25, -0.2) is 0 Å². The lowest BCUT2D eigenvalue weighted by Crippen LogP contribution is -2.40. The number of ketones is 1. The normalized spacial score (nSPS) is 16.4. The Labute approximate surface area is 208 Å². The summed E-state index contributed by atoms with van der Waals surface area (Å²) in [5.74, 6) is -0.464. The molecule has 170 valence electrons. The van der Waals surface area contributed by atoms with Crippen LogP contribution in [-0.4, -0.2) is 29.7 Å². The fourth-order valence-electron chi connectivity index (χ4n) is 4.10. The maximum Gasteiger partial charge on any atom is 0.228 e. The molecular formula is C26H23Cl3N2O2. The number of benzene rings is 3. The second-order valence-electron chi connectivity index (χ2n) is 8.20. The van der Waals surface area contributed by atoms with Gasteiger partial charge in [0.05, 0.1) is 21.7 Å². The second-order valence-corrected chi connectivity index (χ2v) is 9.45. The van der Waals surface area contributed by atoms with Crippen molar-refractivity contribution in [3.8, 4) is 0 Å². The first kappa shape index (κ1) is 23.8. The molecule has 1 amide bonds. The molecule has 1 heterocycles. The Morgan fingerprint density at radius 2 is 1.73 bits per heavy atom. The smallest absolute Gasteiger partial charge is 0.228 e. The number of amides is 1. The predicted octanol–water partition coefficient (Wildman–Crippen LogP) is 6.73. The van der Waals surface area contributed by atoms with E-state index >= 15 is 0 Å². The van der Waals surface area contributed by atoms with Crippen LogP contribution < -0.4 is 5.32 Å². The van der Waals surface area contributed by atoms with Crippen LogP contribution in [0.25, 0.3) is 0 Å². The Balaban J connectivity index is 1.46. The van der Waals surface area contributed by atoms with Crippen LogP contribution in [0.2, 0.25) is 15.1 Å². The molecular weight excluding hydrogens is 479 g/mol. The maximum absolute atomic E-state index is 13.1. The summed E-state index contributed by atoms with van der Waals surface area (Å²) in [7, 11) is 0. The van der Waals surface area contributed by atoms with Gasteiger partial charge in [0.25, 0.3) is 0 Å². The summed E-state index contributed by atoms with van der Waals surface area (Å²) in [4.78, 5) is 28.4. The number of halogens is 3. The number of piperidine rings is 1. The van der Waals surface area contributed by atoms with E-state index in [9.17, 15) is 9.59 Å². The van der Waals surface area contributed by atoms with Crippen LogP contribution in [0.15, 0.2) is 66.7 Å². The molecule has 1 aliphatic heterocycles. The average Bonchev–Trinajstić information content (AvgIpc) is 2.83. The van der Waals surface area contributed by atoms with Crippen LogP contribution in [0, 0.1) is 5.92 Å². The molecule has 0 aliphatic carbocycles. The van der Waals surface area contributed by atoms with E-state index in [1.807, 2.05) is 18.2 Å². The molecule has 4 nitrogen and oxygen atoms in total. The molecule has 3 aromatic carbocycles. The van der Waals surface area contributed by atoms with Crippen molar-refractivity contribution in [1.29, 1.82) is 0 Å². The Bertz CT molecular complexity index is 1170. The lowest BCUT2D eigenvalue weighted by Gasteiger charge is -2.32. The highest BCUT2D eigenvalue weighted by Gasteiger charge is 2.27. The molecule has 1 N–H and O–H groups in total. The molecule has 1 unspecified atom stereocenters. The van der Waals surface area contributed by atoms with E-state index in [0.29, 0.717) is 45.0 Å². The third-order valence-electron chi connectivity index (χ3n) is 5.79. The molecule has 1 fully saturated rings. The van der Waals surface area contributed by atoms with Crippen molar-refractivity contribution in [2.45, 2.75) is 19.4 Å². The highest BCUT2D eigenvalue weighted by molar-refractivity contribution is 6.42. The van der Waals surface area contributed by atoms with E-state index in [-0.39, 0.29) is 17.6 Å². The predicted molar refractivity (Wildman–Crippen MR) is 134 cm³/mol. The van der Waals surface area contributed by atoms with Crippen LogP contribution in [0.3, 0.4) is 0 Å². The van der Waals surface area contributed by atoms with Crippen molar-refractivity contribution in [2.75, 3.05) is 18.4 Å². The average molecular weight is 502 g/mol. The number of hydrogen-bond donors (Lipinski definition) is 1. The molecule has 0 radical (unpaired) electrons. The van der Waals surface area contributed by atoms with Gasteiger partial charge in [-0.15, -0.1) is 0 Å². The number of likely N-dealkylation sites (tertiary alicyclic amines) is 1. The van der Waals surface area contributed by atoms with Gasteiger partial charge in [0.15, 0.2) is 5.78 Å². The third kappa shape index (κ3) is 5.96. The largest absolute Gasteiger partial charge is 0.325 e. The fourth-order valence-corrected chi connectivity index (χ4v) is 4.60. The summed E-state index contributed by atoms with van der Waals surface area (Å²) in [6.45, 7) is 2.23. The summed E-state index contributed by atoms with van der Waals surface area (Å²) in [5, 5.41) is 4.47. The van der Waals surface area contributed by atoms with Crippen LogP contribution in [0.1, 0.15) is 34.3 Å². The van der Waals surface area contributed by atoms with E-state index < -0.39 is 0 Å². The third-order valence-corrected chi connectivity index (χ3v) is 6.76. The van der Waals surface area contributed by atoms with Crippen LogP contribution in [0.4, 0.5) is 5.69 Å². The Hall–Kier alpha value is -2.37. The number of nitrogens with one attached hydrogen (secondary N) is 1. The quantitative estimate of drug-likeness (QED) is 0.381. The number of rotatable bonds is 6. The standard InChI is InChI=1S/C26H23Cl3N2O2/c27-20-9-11-24(21(14-20)25(32)18-5-2-1-3-6-18)30-26(33)19-7-4-12-31(16-19)15-17-8-10-22(28)23(29)13-17/h1-3,5-6,8-11,13-14,19H,4,7,12,15-16H2,(H,30,33). The minimum absolute atomic E-state index is 0.0988. The van der Waals surface area contributed by atoms with Crippen LogP contribution >= 0.6 is 34.8 Å². The molecule has 0 saturated carbocycles. The number of anilines is 1. The number of carbonyl (C=O) groups excluding carboxylic acids is 2. The lowest BCUT2D eigenvalue weighted by molar-refractivity contribution is -0.121. The van der Waals surface area contributed by atoms with Crippen molar-refractivity contribution in [3.63, 3.8) is 0 Å². The molecule has 1 atom stereocenters. The minimum atomic E-state index is -0.183. The van der Waals surface area contributed by atoms with Gasteiger partial charge in [-0.1, -0.05) is 71.2 Å². The summed E-state index contributed by atoms with van der Waals surface area (Å²) < 4.78 is 0. The zero-order valence-corrected chi connectivity index (χ0v) is 20.1. The monoisotopic (exact) mass is 500 g/mol. The molecule has 3 aromatic rings. The van der Waals surface area contributed by atoms with Crippen molar-refractivity contribution in [3.05, 3.63) is 98.5 Å². The van der Waals surface area contributed by atoms with Crippen molar-refractivity contribution in [1.82, 2.24) is 4.90 Å². The zero-order valence-electron chi connectivity index (χ0n) is 17.9. The first-order chi connectivity index (χ1) is 15.9. The van der Waals surface area contributed by atoms with Crippen LogP contribution in [0.5, 0.6) is 0 Å². The Morgan fingerprint density at radius 3 is 2.48 bits per heavy atom. The topological polar surface area (TPSA) is 49.4 Å². The highest BCUT2D eigenvalue weighted by atomic mass is 35.5. The van der Waals surface area contributed by atoms with Crippen LogP contribution in [-0.2, 0) is 11.3 Å². The number of hydrogen-bond acceptors (Lipinski definition) is 3. The second kappa shape index (κ2) is 10.7. The number of carbonyl (C=O) groups is 2. The maximum atomic E-state index is 13.1. The molecule has 0 spiro atoms. The molecule has 0 bridgehead atoms. The first-order valence-corrected chi connectivity index (χ1v) is 11.9. The summed E-state index contributed by atoms with van der Waals surface area (Å²) >= 11 is 18.3. The van der Waals surface area contributed by atoms with Gasteiger partial charge in [-0.05, 0) is 55.3 Å². The van der Waals surface area contributed by atoms with Gasteiger partial charge in [0.2, 0.25) is 5.91 Å². The summed E-state index contributed by atoms with van der Waals surface area (Å²) in [5.41, 5.74) is 2.45. The van der Waals surface area contributed by atoms with E-state index in [0.717, 1.165) is 24.9 Å². The highest BCUT2D eigenvalue weighted by Crippen LogP contribution is 2.27. The zero-order chi connectivity index (χ0) is 23.4. The molecule has 0 aromatic heterocycles. The van der Waals surface area contributed by atoms with Crippen molar-refractivity contribution >= 4 is 52.2 Å². The molecule has 1 saturated heterocycles. The van der Waals surface area contributed by atoms with Gasteiger partial charge >= 0.3 is 0 Å². The Morgan fingerprint density at radius 1 is 0.939 bits per heavy atom. The van der Waals surface area contributed by atoms with Gasteiger partial charge in [-0.2, -0.15) is 0 Å². The summed E-state index contributed by atoms with van der Waals surface area (Å²) in [6.07, 6.45) is 1.70. The first-order valence-electron chi connectivity index (χ1n) is 10.8. The van der Waals surface area contributed by atoms with E-state index in [1.165, 1.54) is 0 Å². The molecule has 4 rings (SSSR count). The minimum Gasteiger partial charge on any atom is -0.325 e. The molecule has 7 heteroatoms. The fraction of sp³-hybridized carbons (Fsp3) is 0.231. The van der Waals surface area contributed by atoms with E-state index in [2.05, 4.69) is 10.2 Å². The lowest BCUT2D eigenvalue weighted by atomic mass is 9.96. The van der Waals surface area contributed by atoms with Gasteiger partial charge in [0.1, 0.15) is 0 Å². The van der Waals surface area contributed by atoms with Crippen molar-refractivity contribution in [2.24, 2.45) is 5.92 Å². The summed E-state index contributed by atoms with van der Waals surface area (Å²) in [6, 6.07) is 19.5. The SMILES string of the molecule is O=C(c1ccccc1)c1cc(Cl)ccc1NC(=O)C1CCCN(Cc2ccc(Cl)c(Cl)c2)C1. The van der Waals surface area contributed by atoms with Gasteiger partial charge in [-0.3, -0.25) is 14.5 Å².